The maximum Gasteiger partial charge on any atom is 1.00 e. The first-order chi connectivity index (χ1) is 21.1. The molecule has 0 amide bonds. The van der Waals surface area contributed by atoms with Crippen LogP contribution in [0.3, 0.4) is 0 Å². The van der Waals surface area contributed by atoms with Crippen molar-refractivity contribution in [3.05, 3.63) is 12.2 Å². The summed E-state index contributed by atoms with van der Waals surface area (Å²) in [5.74, 6) is -1.44. The van der Waals surface area contributed by atoms with Crippen LogP contribution in [0.15, 0.2) is 12.2 Å². The summed E-state index contributed by atoms with van der Waals surface area (Å²) in [6, 6.07) is 0. The molecule has 0 heterocycles. The molecular weight excluding hydrogens is 611 g/mol. The molecule has 7 nitrogen and oxygen atoms in total. The summed E-state index contributed by atoms with van der Waals surface area (Å²) in [5.41, 5.74) is 0. The molecule has 0 saturated carbocycles. The SMILES string of the molecule is C.CCCCCCCC/C=C/CCCCCCCC(=O)O.CCCCCCCCCC(CCCCCCCC(=O)O)S(=O)(=O)[O-].[Na+]. The van der Waals surface area contributed by atoms with Gasteiger partial charge in [0.05, 0.1) is 10.1 Å². The number of aliphatic carboxylic acids is 2. The number of unbranched alkanes of at least 4 members (excludes halogenated alkanes) is 21. The van der Waals surface area contributed by atoms with Crippen molar-refractivity contribution < 1.29 is 62.3 Å². The van der Waals surface area contributed by atoms with E-state index in [1.54, 1.807) is 0 Å². The maximum absolute atomic E-state index is 11.4. The van der Waals surface area contributed by atoms with Crippen molar-refractivity contribution in [3.8, 4) is 0 Å². The van der Waals surface area contributed by atoms with Gasteiger partial charge in [-0.1, -0.05) is 155 Å². The second kappa shape index (κ2) is 40.8. The Bertz CT molecular complexity index is 772. The van der Waals surface area contributed by atoms with Crippen molar-refractivity contribution in [2.24, 2.45) is 0 Å². The number of carboxylic acid groups (broad SMARTS) is 2. The Morgan fingerprint density at radius 2 is 0.826 bits per heavy atom. The van der Waals surface area contributed by atoms with E-state index in [0.717, 1.165) is 57.8 Å². The van der Waals surface area contributed by atoms with E-state index in [4.69, 9.17) is 10.2 Å². The van der Waals surface area contributed by atoms with Gasteiger partial charge in [0.15, 0.2) is 0 Å². The summed E-state index contributed by atoms with van der Waals surface area (Å²) in [7, 11) is -4.20. The van der Waals surface area contributed by atoms with Crippen LogP contribution in [-0.4, -0.2) is 40.4 Å². The molecule has 0 rings (SSSR count). The van der Waals surface area contributed by atoms with E-state index in [9.17, 15) is 22.6 Å². The number of hydrogen-bond acceptors (Lipinski definition) is 5. The van der Waals surface area contributed by atoms with Gasteiger partial charge in [-0.2, -0.15) is 0 Å². The summed E-state index contributed by atoms with van der Waals surface area (Å²) in [6.07, 6.45) is 34.2. The third kappa shape index (κ3) is 45.7. The van der Waals surface area contributed by atoms with Gasteiger partial charge in [0, 0.05) is 18.1 Å². The average molecular weight is 685 g/mol. The van der Waals surface area contributed by atoms with Gasteiger partial charge < -0.3 is 14.8 Å². The summed E-state index contributed by atoms with van der Waals surface area (Å²) < 4.78 is 34.1. The molecule has 270 valence electrons. The first-order valence-corrected chi connectivity index (χ1v) is 19.7. The molecule has 1 atom stereocenters. The van der Waals surface area contributed by atoms with Crippen LogP contribution in [0.5, 0.6) is 0 Å². The van der Waals surface area contributed by atoms with Crippen molar-refractivity contribution in [3.63, 3.8) is 0 Å². The molecule has 0 bridgehead atoms. The fraction of sp³-hybridized carbons (Fsp3) is 0.892. The van der Waals surface area contributed by atoms with Crippen molar-refractivity contribution >= 4 is 22.1 Å². The Balaban J connectivity index is -0.000000373. The number of carbonyl (C=O) groups is 2. The number of rotatable bonds is 32. The second-order valence-corrected chi connectivity index (χ2v) is 14.1. The normalized spacial score (nSPS) is 11.7. The van der Waals surface area contributed by atoms with Crippen molar-refractivity contribution in [2.75, 3.05) is 0 Å². The topological polar surface area (TPSA) is 132 Å². The van der Waals surface area contributed by atoms with Gasteiger partial charge in [-0.05, 0) is 51.4 Å². The van der Waals surface area contributed by atoms with Crippen LogP contribution in [0.1, 0.15) is 207 Å². The van der Waals surface area contributed by atoms with Crippen LogP contribution in [0, 0.1) is 0 Å². The summed E-state index contributed by atoms with van der Waals surface area (Å²) in [6.45, 7) is 4.44. The Labute approximate surface area is 307 Å². The van der Waals surface area contributed by atoms with Gasteiger partial charge in [0.2, 0.25) is 0 Å². The summed E-state index contributed by atoms with van der Waals surface area (Å²) in [5, 5.41) is 16.3. The molecule has 9 heteroatoms. The predicted molar refractivity (Wildman–Crippen MR) is 190 cm³/mol. The minimum absolute atomic E-state index is 0. The van der Waals surface area contributed by atoms with Crippen molar-refractivity contribution in [1.82, 2.24) is 0 Å². The molecule has 0 aliphatic carbocycles. The smallest absolute Gasteiger partial charge is 0.748 e. The molecule has 2 N–H and O–H groups in total. The van der Waals surface area contributed by atoms with E-state index in [2.05, 4.69) is 26.0 Å². The molecule has 1 unspecified atom stereocenters. The Morgan fingerprint density at radius 3 is 1.13 bits per heavy atom. The first kappa shape index (κ1) is 52.4. The molecule has 0 aliphatic heterocycles. The minimum atomic E-state index is -4.20. The quantitative estimate of drug-likeness (QED) is 0.0314. The van der Waals surface area contributed by atoms with Gasteiger partial charge in [-0.25, -0.2) is 8.42 Å². The molecule has 46 heavy (non-hydrogen) atoms. The van der Waals surface area contributed by atoms with E-state index in [0.29, 0.717) is 25.7 Å². The second-order valence-electron chi connectivity index (χ2n) is 12.5. The predicted octanol–water partition coefficient (Wildman–Crippen LogP) is 8.60. The Morgan fingerprint density at radius 1 is 0.543 bits per heavy atom. The van der Waals surface area contributed by atoms with Gasteiger partial charge in [-0.15, -0.1) is 0 Å². The molecule has 0 radical (unpaired) electrons. The standard InChI is InChI=1S/C18H36O5S.C18H34O2.CH4.Na/c1-2-3-4-5-6-8-11-14-17(24(21,22)23)15-12-9-7-10-13-16-18(19)20;1-2-3-4-5-6-7-8-9-10-11-12-13-14-15-16-17-18(19)20;;/h17H,2-16H2,1H3,(H,19,20)(H,21,22,23);9-10H,2-8,11-17H2,1H3,(H,19,20);1H4;/q;;;+1/p-1/b;10-9+;;. The third-order valence-electron chi connectivity index (χ3n) is 8.11. The zero-order valence-electron chi connectivity index (χ0n) is 29.6. The van der Waals surface area contributed by atoms with Crippen LogP contribution >= 0.6 is 0 Å². The van der Waals surface area contributed by atoms with E-state index in [-0.39, 0.29) is 43.4 Å². The van der Waals surface area contributed by atoms with Crippen LogP contribution < -0.4 is 29.6 Å². The number of carboxylic acids is 2. The van der Waals surface area contributed by atoms with Gasteiger partial charge in [0.25, 0.3) is 0 Å². The van der Waals surface area contributed by atoms with Crippen LogP contribution in [0.2, 0.25) is 0 Å². The first-order valence-electron chi connectivity index (χ1n) is 18.2. The zero-order chi connectivity index (χ0) is 33.2. The number of allylic oxidation sites excluding steroid dienone is 2. The maximum atomic E-state index is 11.4. The largest absolute Gasteiger partial charge is 1.00 e. The molecule has 0 fully saturated rings. The van der Waals surface area contributed by atoms with Gasteiger partial charge in [0.1, 0.15) is 0 Å². The molecule has 0 aromatic rings. The van der Waals surface area contributed by atoms with Crippen LogP contribution in [-0.2, 0) is 19.7 Å². The Kier molecular flexibility index (Phi) is 46.4. The van der Waals surface area contributed by atoms with E-state index < -0.39 is 27.3 Å². The van der Waals surface area contributed by atoms with E-state index >= 15 is 0 Å². The van der Waals surface area contributed by atoms with Gasteiger partial charge in [-0.3, -0.25) is 9.59 Å². The molecule has 0 spiro atoms. The molecule has 0 aliphatic rings. The molecular formula is C37H73NaO7S. The van der Waals surface area contributed by atoms with Gasteiger partial charge >= 0.3 is 41.5 Å². The van der Waals surface area contributed by atoms with Crippen molar-refractivity contribution in [2.45, 2.75) is 213 Å². The fourth-order valence-corrected chi connectivity index (χ4v) is 6.20. The average Bonchev–Trinajstić information content (AvgIpc) is 2.96. The summed E-state index contributed by atoms with van der Waals surface area (Å²) >= 11 is 0. The zero-order valence-corrected chi connectivity index (χ0v) is 32.4. The minimum Gasteiger partial charge on any atom is -0.748 e. The Hall–Kier alpha value is -0.410. The van der Waals surface area contributed by atoms with Crippen molar-refractivity contribution in [1.29, 1.82) is 0 Å². The van der Waals surface area contributed by atoms with Crippen LogP contribution in [0.25, 0.3) is 0 Å². The number of hydrogen-bond donors (Lipinski definition) is 2. The van der Waals surface area contributed by atoms with E-state index in [1.807, 2.05) is 0 Å². The molecule has 0 aromatic carbocycles. The molecule has 0 saturated heterocycles. The fourth-order valence-electron chi connectivity index (χ4n) is 5.29. The molecule has 0 aromatic heterocycles. The monoisotopic (exact) mass is 684 g/mol. The third-order valence-corrected chi connectivity index (χ3v) is 9.39. The summed E-state index contributed by atoms with van der Waals surface area (Å²) in [4.78, 5) is 20.7. The van der Waals surface area contributed by atoms with Crippen LogP contribution in [0.4, 0.5) is 0 Å². The van der Waals surface area contributed by atoms with E-state index in [1.165, 1.54) is 96.3 Å².